The van der Waals surface area contributed by atoms with Gasteiger partial charge in [-0.2, -0.15) is 18.2 Å². The number of hydrogen-bond acceptors (Lipinski definition) is 7. The molecule has 0 radical (unpaired) electrons. The number of hydrogen-bond donors (Lipinski definition) is 1. The molecule has 2 aromatic heterocycles. The van der Waals surface area contributed by atoms with Crippen LogP contribution in [0, 0.1) is 11.6 Å². The number of fused-ring (bicyclic) bond motifs is 1. The van der Waals surface area contributed by atoms with E-state index in [0.717, 1.165) is 19.2 Å². The van der Waals surface area contributed by atoms with Gasteiger partial charge in [0.2, 0.25) is 5.95 Å². The van der Waals surface area contributed by atoms with Crippen LogP contribution in [0.5, 0.6) is 0 Å². The normalized spacial score (nSPS) is 17.5. The Balaban J connectivity index is 1.24. The van der Waals surface area contributed by atoms with Crippen molar-refractivity contribution in [1.29, 1.82) is 0 Å². The first-order valence-electron chi connectivity index (χ1n) is 14.1. The van der Waals surface area contributed by atoms with Gasteiger partial charge in [0.25, 0.3) is 0 Å². The predicted octanol–water partition coefficient (Wildman–Crippen LogP) is 5.04. The van der Waals surface area contributed by atoms with Crippen molar-refractivity contribution in [2.24, 2.45) is 0 Å². The number of nitrogens with one attached hydrogen (secondary N) is 1. The van der Waals surface area contributed by atoms with Crippen molar-refractivity contribution >= 4 is 22.7 Å². The Bertz CT molecular complexity index is 1570. The van der Waals surface area contributed by atoms with Crippen LogP contribution in [-0.4, -0.2) is 88.8 Å². The van der Waals surface area contributed by atoms with Crippen LogP contribution in [0.25, 0.3) is 16.7 Å². The van der Waals surface area contributed by atoms with Crippen molar-refractivity contribution in [1.82, 2.24) is 29.2 Å². The SMILES string of the molecule is CN1CCN(Cc2ccc(Nc3ncc4ccn(-c5cc(F)c(CN6CCOCC6)c(F)c5)c4n3)cc2C(F)(F)F)CC1. The molecule has 0 saturated carbocycles. The zero-order chi connectivity index (χ0) is 30.1. The Morgan fingerprint density at radius 3 is 2.28 bits per heavy atom. The number of ether oxygens (including phenoxy) is 1. The summed E-state index contributed by atoms with van der Waals surface area (Å²) in [4.78, 5) is 14.8. The van der Waals surface area contributed by atoms with Gasteiger partial charge in [0.05, 0.1) is 24.5 Å². The van der Waals surface area contributed by atoms with Gasteiger partial charge >= 0.3 is 6.18 Å². The molecule has 2 aromatic carbocycles. The van der Waals surface area contributed by atoms with Gasteiger partial charge in [0.15, 0.2) is 0 Å². The zero-order valence-corrected chi connectivity index (χ0v) is 23.7. The van der Waals surface area contributed by atoms with E-state index < -0.39 is 23.4 Å². The molecule has 2 saturated heterocycles. The smallest absolute Gasteiger partial charge is 0.379 e. The highest BCUT2D eigenvalue weighted by atomic mass is 19.4. The zero-order valence-electron chi connectivity index (χ0n) is 23.7. The second kappa shape index (κ2) is 12.2. The number of alkyl halides is 3. The molecule has 13 heteroatoms. The maximum Gasteiger partial charge on any atom is 0.416 e. The number of benzene rings is 2. The van der Waals surface area contributed by atoms with Crippen LogP contribution >= 0.6 is 0 Å². The summed E-state index contributed by atoms with van der Waals surface area (Å²) >= 11 is 0. The fourth-order valence-electron chi connectivity index (χ4n) is 5.48. The molecule has 8 nitrogen and oxygen atoms in total. The minimum absolute atomic E-state index is 0.0179. The number of morpholine rings is 1. The first-order valence-corrected chi connectivity index (χ1v) is 14.1. The van der Waals surface area contributed by atoms with E-state index in [1.165, 1.54) is 29.0 Å². The number of anilines is 2. The molecule has 1 N–H and O–H groups in total. The third-order valence-corrected chi connectivity index (χ3v) is 7.98. The average molecular weight is 602 g/mol. The number of aromatic nitrogens is 3. The molecule has 43 heavy (non-hydrogen) atoms. The molecule has 0 aliphatic carbocycles. The molecule has 0 atom stereocenters. The lowest BCUT2D eigenvalue weighted by molar-refractivity contribution is -0.138. The minimum atomic E-state index is -4.54. The second-order valence-corrected chi connectivity index (χ2v) is 11.0. The van der Waals surface area contributed by atoms with Gasteiger partial charge in [-0.05, 0) is 42.9 Å². The Morgan fingerprint density at radius 1 is 0.884 bits per heavy atom. The van der Waals surface area contributed by atoms with Crippen molar-refractivity contribution in [3.63, 3.8) is 0 Å². The Labute approximate surface area is 245 Å². The summed E-state index contributed by atoms with van der Waals surface area (Å²) < 4.78 is 79.2. The van der Waals surface area contributed by atoms with E-state index in [-0.39, 0.29) is 41.5 Å². The molecular weight excluding hydrogens is 569 g/mol. The fourth-order valence-corrected chi connectivity index (χ4v) is 5.48. The van der Waals surface area contributed by atoms with Crippen LogP contribution in [0.15, 0.2) is 48.8 Å². The van der Waals surface area contributed by atoms with Gasteiger partial charge in [-0.15, -0.1) is 0 Å². The highest BCUT2D eigenvalue weighted by Crippen LogP contribution is 2.35. The molecule has 2 aliphatic rings. The quantitative estimate of drug-likeness (QED) is 0.298. The Morgan fingerprint density at radius 2 is 1.58 bits per heavy atom. The summed E-state index contributed by atoms with van der Waals surface area (Å²) in [6, 6.07) is 8.33. The minimum Gasteiger partial charge on any atom is -0.379 e. The largest absolute Gasteiger partial charge is 0.416 e. The molecule has 0 bridgehead atoms. The Hall–Kier alpha value is -3.65. The van der Waals surface area contributed by atoms with Crippen LogP contribution in [0.4, 0.5) is 33.6 Å². The van der Waals surface area contributed by atoms with Crippen molar-refractivity contribution < 1.29 is 26.7 Å². The average Bonchev–Trinajstić information content (AvgIpc) is 3.40. The monoisotopic (exact) mass is 601 g/mol. The first kappa shape index (κ1) is 29.4. The van der Waals surface area contributed by atoms with E-state index in [0.29, 0.717) is 50.4 Å². The molecule has 4 heterocycles. The highest BCUT2D eigenvalue weighted by Gasteiger charge is 2.34. The van der Waals surface area contributed by atoms with Crippen LogP contribution in [0.1, 0.15) is 16.7 Å². The third-order valence-electron chi connectivity index (χ3n) is 7.98. The van der Waals surface area contributed by atoms with E-state index in [1.54, 1.807) is 18.3 Å². The lowest BCUT2D eigenvalue weighted by atomic mass is 10.0. The topological polar surface area (TPSA) is 61.7 Å². The van der Waals surface area contributed by atoms with Crippen molar-refractivity contribution in [2.75, 3.05) is 64.8 Å². The summed E-state index contributed by atoms with van der Waals surface area (Å²) in [6.45, 7) is 5.58. The lowest BCUT2D eigenvalue weighted by Gasteiger charge is -2.33. The summed E-state index contributed by atoms with van der Waals surface area (Å²) in [5.74, 6) is -1.29. The highest BCUT2D eigenvalue weighted by molar-refractivity contribution is 5.79. The van der Waals surface area contributed by atoms with E-state index >= 15 is 8.78 Å². The van der Waals surface area contributed by atoms with Crippen LogP contribution in [0.3, 0.4) is 0 Å². The molecule has 2 aliphatic heterocycles. The third kappa shape index (κ3) is 6.64. The Kier molecular flexibility index (Phi) is 8.32. The number of piperazine rings is 1. The lowest BCUT2D eigenvalue weighted by Crippen LogP contribution is -2.44. The van der Waals surface area contributed by atoms with Gasteiger partial charge in [-0.3, -0.25) is 9.80 Å². The van der Waals surface area contributed by atoms with Crippen molar-refractivity contribution in [3.8, 4) is 5.69 Å². The molecule has 0 spiro atoms. The van der Waals surface area contributed by atoms with Crippen LogP contribution in [0.2, 0.25) is 0 Å². The van der Waals surface area contributed by atoms with Gasteiger partial charge < -0.3 is 19.5 Å². The number of nitrogens with zero attached hydrogens (tertiary/aromatic N) is 6. The molecule has 2 fully saturated rings. The van der Waals surface area contributed by atoms with Gasteiger partial charge in [-0.1, -0.05) is 6.07 Å². The molecule has 0 amide bonds. The summed E-state index contributed by atoms with van der Waals surface area (Å²) in [7, 11) is 2.00. The number of rotatable bonds is 7. The standard InChI is InChI=1S/C30H32F5N7O/c1-39-6-8-40(9-7-39)18-21-2-3-22(14-25(21)30(33,34)35)37-29-36-17-20-4-5-42(28(20)38-29)23-15-26(31)24(27(32)16-23)19-41-10-12-43-13-11-41/h2-5,14-17H,6-13,18-19H2,1H3,(H,36,37,38). The first-order chi connectivity index (χ1) is 20.6. The van der Waals surface area contributed by atoms with Gasteiger partial charge in [0, 0.05) is 81.4 Å². The van der Waals surface area contributed by atoms with Crippen LogP contribution < -0.4 is 5.32 Å². The molecule has 4 aromatic rings. The van der Waals surface area contributed by atoms with Crippen molar-refractivity contribution in [2.45, 2.75) is 19.3 Å². The molecular formula is C30H32F5N7O. The molecule has 6 rings (SSSR count). The van der Waals surface area contributed by atoms with E-state index in [4.69, 9.17) is 4.74 Å². The van der Waals surface area contributed by atoms with E-state index in [9.17, 15) is 13.2 Å². The second-order valence-electron chi connectivity index (χ2n) is 11.0. The van der Waals surface area contributed by atoms with Gasteiger partial charge in [0.1, 0.15) is 17.3 Å². The van der Waals surface area contributed by atoms with Crippen LogP contribution in [-0.2, 0) is 24.0 Å². The van der Waals surface area contributed by atoms with Gasteiger partial charge in [-0.25, -0.2) is 13.8 Å². The number of likely N-dealkylation sites (N-methyl/N-ethyl adjacent to an activating group) is 1. The van der Waals surface area contributed by atoms with E-state index in [1.807, 2.05) is 16.8 Å². The summed E-state index contributed by atoms with van der Waals surface area (Å²) in [6.07, 6.45) is -1.41. The molecule has 228 valence electrons. The van der Waals surface area contributed by atoms with E-state index in [2.05, 4.69) is 20.2 Å². The van der Waals surface area contributed by atoms with Crippen molar-refractivity contribution in [3.05, 3.63) is 77.1 Å². The summed E-state index contributed by atoms with van der Waals surface area (Å²) in [5, 5.41) is 3.47. The maximum absolute atomic E-state index is 15.1. The predicted molar refractivity (Wildman–Crippen MR) is 152 cm³/mol. The molecule has 0 unspecified atom stereocenters. The number of halogens is 5. The summed E-state index contributed by atoms with van der Waals surface area (Å²) in [5.41, 5.74) is 0.220. The fraction of sp³-hybridized carbons (Fsp3) is 0.400. The maximum atomic E-state index is 15.1.